The van der Waals surface area contributed by atoms with E-state index in [0.717, 1.165) is 11.3 Å². The molecule has 28 heavy (non-hydrogen) atoms. The summed E-state index contributed by atoms with van der Waals surface area (Å²) in [4.78, 5) is 12.4. The van der Waals surface area contributed by atoms with Crippen LogP contribution in [0.25, 0.3) is 11.5 Å². The van der Waals surface area contributed by atoms with Crippen molar-refractivity contribution in [3.05, 3.63) is 53.9 Å². The number of benzene rings is 2. The summed E-state index contributed by atoms with van der Waals surface area (Å²) < 4.78 is 27.2. The minimum atomic E-state index is -0.708. The molecule has 0 fully saturated rings. The molecule has 0 amide bonds. The molecule has 4 rings (SSSR count). The largest absolute Gasteiger partial charge is 0.497 e. The Kier molecular flexibility index (Phi) is 4.84. The molecule has 0 radical (unpaired) electrons. The van der Waals surface area contributed by atoms with Crippen molar-refractivity contribution in [2.75, 3.05) is 20.3 Å². The first-order valence-corrected chi connectivity index (χ1v) is 8.72. The van der Waals surface area contributed by atoms with E-state index in [1.54, 1.807) is 44.4 Å². The number of hydrogen-bond donors (Lipinski definition) is 0. The van der Waals surface area contributed by atoms with Crippen molar-refractivity contribution >= 4 is 5.97 Å². The minimum absolute atomic E-state index is 0.205. The Morgan fingerprint density at radius 1 is 1.04 bits per heavy atom. The molecule has 3 aromatic rings. The molecule has 1 unspecified atom stereocenters. The molecule has 0 aliphatic carbocycles. The third-order valence-corrected chi connectivity index (χ3v) is 4.19. The Morgan fingerprint density at radius 2 is 1.79 bits per heavy atom. The highest BCUT2D eigenvalue weighted by Crippen LogP contribution is 2.31. The first-order chi connectivity index (χ1) is 13.6. The van der Waals surface area contributed by atoms with Gasteiger partial charge in [-0.25, -0.2) is 4.79 Å². The van der Waals surface area contributed by atoms with Crippen LogP contribution in [0.3, 0.4) is 0 Å². The van der Waals surface area contributed by atoms with E-state index < -0.39 is 12.1 Å². The van der Waals surface area contributed by atoms with Crippen molar-refractivity contribution in [3.63, 3.8) is 0 Å². The summed E-state index contributed by atoms with van der Waals surface area (Å²) in [7, 11) is 1.59. The van der Waals surface area contributed by atoms with Gasteiger partial charge in [-0.05, 0) is 49.4 Å². The van der Waals surface area contributed by atoms with Gasteiger partial charge in [-0.15, -0.1) is 10.2 Å². The Morgan fingerprint density at radius 3 is 2.54 bits per heavy atom. The highest BCUT2D eigenvalue weighted by molar-refractivity contribution is 5.90. The molecule has 1 aliphatic rings. The van der Waals surface area contributed by atoms with E-state index >= 15 is 0 Å². The van der Waals surface area contributed by atoms with Gasteiger partial charge >= 0.3 is 5.97 Å². The summed E-state index contributed by atoms with van der Waals surface area (Å²) in [5.41, 5.74) is 1.09. The van der Waals surface area contributed by atoms with E-state index in [-0.39, 0.29) is 5.89 Å². The fourth-order valence-electron chi connectivity index (χ4n) is 2.70. The van der Waals surface area contributed by atoms with E-state index in [1.807, 2.05) is 12.1 Å². The molecule has 0 N–H and O–H groups in total. The predicted molar refractivity (Wildman–Crippen MR) is 97.5 cm³/mol. The van der Waals surface area contributed by atoms with Crippen LogP contribution in [0, 0.1) is 0 Å². The van der Waals surface area contributed by atoms with E-state index in [9.17, 15) is 4.79 Å². The molecule has 8 nitrogen and oxygen atoms in total. The lowest BCUT2D eigenvalue weighted by molar-refractivity contribution is 0.0279. The monoisotopic (exact) mass is 382 g/mol. The summed E-state index contributed by atoms with van der Waals surface area (Å²) in [6, 6.07) is 12.1. The summed E-state index contributed by atoms with van der Waals surface area (Å²) >= 11 is 0. The van der Waals surface area contributed by atoms with Gasteiger partial charge in [0, 0.05) is 5.56 Å². The lowest BCUT2D eigenvalue weighted by Crippen LogP contribution is -2.16. The van der Waals surface area contributed by atoms with E-state index in [4.69, 9.17) is 23.4 Å². The van der Waals surface area contributed by atoms with Gasteiger partial charge in [-0.2, -0.15) is 0 Å². The van der Waals surface area contributed by atoms with Gasteiger partial charge in [0.2, 0.25) is 5.89 Å². The Balaban J connectivity index is 1.45. The standard InChI is InChI=1S/C20H18N2O6/c1-12(18-21-22-19(28-18)13-3-6-15(24-2)7-4-13)27-20(23)14-5-8-16-17(11-14)26-10-9-25-16/h3-8,11-12H,9-10H2,1-2H3. The van der Waals surface area contributed by atoms with Crippen molar-refractivity contribution in [1.29, 1.82) is 0 Å². The van der Waals surface area contributed by atoms with Gasteiger partial charge in [-0.1, -0.05) is 0 Å². The van der Waals surface area contributed by atoms with E-state index in [1.165, 1.54) is 0 Å². The molecule has 0 spiro atoms. The quantitative estimate of drug-likeness (QED) is 0.620. The zero-order valence-electron chi connectivity index (χ0n) is 15.4. The Labute approximate surface area is 161 Å². The highest BCUT2D eigenvalue weighted by atomic mass is 16.6. The summed E-state index contributed by atoms with van der Waals surface area (Å²) in [5.74, 6) is 1.88. The number of aromatic nitrogens is 2. The highest BCUT2D eigenvalue weighted by Gasteiger charge is 2.22. The number of ether oxygens (including phenoxy) is 4. The number of esters is 1. The predicted octanol–water partition coefficient (Wildman–Crippen LogP) is 3.43. The maximum absolute atomic E-state index is 12.4. The number of carbonyl (C=O) groups excluding carboxylic acids is 1. The molecule has 1 atom stereocenters. The van der Waals surface area contributed by atoms with Crippen LogP contribution in [0.4, 0.5) is 0 Å². The van der Waals surface area contributed by atoms with Crippen LogP contribution in [0.1, 0.15) is 29.3 Å². The topological polar surface area (TPSA) is 92.9 Å². The number of methoxy groups -OCH3 is 1. The Hall–Kier alpha value is -3.55. The molecule has 0 saturated heterocycles. The molecule has 0 bridgehead atoms. The van der Waals surface area contributed by atoms with Crippen LogP contribution in [-0.2, 0) is 4.74 Å². The maximum Gasteiger partial charge on any atom is 0.339 e. The zero-order chi connectivity index (χ0) is 19.5. The molecule has 1 aromatic heterocycles. The zero-order valence-corrected chi connectivity index (χ0v) is 15.4. The van der Waals surface area contributed by atoms with Crippen LogP contribution in [-0.4, -0.2) is 36.5 Å². The summed E-state index contributed by atoms with van der Waals surface area (Å²) in [6.45, 7) is 2.60. The summed E-state index contributed by atoms with van der Waals surface area (Å²) in [5, 5.41) is 8.00. The maximum atomic E-state index is 12.4. The normalized spacial score (nSPS) is 13.6. The average Bonchev–Trinajstić information content (AvgIpc) is 3.24. The number of carbonyl (C=O) groups is 1. The van der Waals surface area contributed by atoms with Crippen molar-refractivity contribution in [3.8, 4) is 28.7 Å². The van der Waals surface area contributed by atoms with Crippen molar-refractivity contribution in [1.82, 2.24) is 10.2 Å². The van der Waals surface area contributed by atoms with E-state index in [2.05, 4.69) is 10.2 Å². The smallest absolute Gasteiger partial charge is 0.339 e. The molecule has 8 heteroatoms. The molecule has 2 heterocycles. The molecule has 0 saturated carbocycles. The molecular weight excluding hydrogens is 364 g/mol. The van der Waals surface area contributed by atoms with Crippen molar-refractivity contribution < 1.29 is 28.2 Å². The van der Waals surface area contributed by atoms with Crippen LogP contribution in [0.15, 0.2) is 46.9 Å². The van der Waals surface area contributed by atoms with Crippen LogP contribution in [0.2, 0.25) is 0 Å². The third-order valence-electron chi connectivity index (χ3n) is 4.19. The first kappa shape index (κ1) is 17.8. The van der Waals surface area contributed by atoms with Crippen LogP contribution in [0.5, 0.6) is 17.2 Å². The second kappa shape index (κ2) is 7.59. The number of hydrogen-bond acceptors (Lipinski definition) is 8. The molecule has 2 aromatic carbocycles. The molecule has 1 aliphatic heterocycles. The van der Waals surface area contributed by atoms with E-state index in [0.29, 0.717) is 36.2 Å². The minimum Gasteiger partial charge on any atom is -0.497 e. The van der Waals surface area contributed by atoms with Gasteiger partial charge in [0.05, 0.1) is 12.7 Å². The summed E-state index contributed by atoms with van der Waals surface area (Å²) in [6.07, 6.45) is -0.708. The van der Waals surface area contributed by atoms with Crippen molar-refractivity contribution in [2.24, 2.45) is 0 Å². The fourth-order valence-corrected chi connectivity index (χ4v) is 2.70. The van der Waals surface area contributed by atoms with Crippen LogP contribution < -0.4 is 14.2 Å². The lowest BCUT2D eigenvalue weighted by atomic mass is 10.2. The van der Waals surface area contributed by atoms with Gasteiger partial charge in [0.1, 0.15) is 19.0 Å². The molecule has 144 valence electrons. The average molecular weight is 382 g/mol. The van der Waals surface area contributed by atoms with Gasteiger partial charge in [-0.3, -0.25) is 0 Å². The molecular formula is C20H18N2O6. The number of fused-ring (bicyclic) bond motifs is 1. The van der Waals surface area contributed by atoms with Gasteiger partial charge < -0.3 is 23.4 Å². The number of nitrogens with zero attached hydrogens (tertiary/aromatic N) is 2. The fraction of sp³-hybridized carbons (Fsp3) is 0.250. The van der Waals surface area contributed by atoms with Gasteiger partial charge in [0.15, 0.2) is 17.6 Å². The lowest BCUT2D eigenvalue weighted by Gasteiger charge is -2.18. The van der Waals surface area contributed by atoms with Crippen molar-refractivity contribution in [2.45, 2.75) is 13.0 Å². The number of rotatable bonds is 5. The second-order valence-corrected chi connectivity index (χ2v) is 6.08. The van der Waals surface area contributed by atoms with Gasteiger partial charge in [0.25, 0.3) is 5.89 Å². The second-order valence-electron chi connectivity index (χ2n) is 6.08. The SMILES string of the molecule is COc1ccc(-c2nnc(C(C)OC(=O)c3ccc4c(c3)OCCO4)o2)cc1. The first-order valence-electron chi connectivity index (χ1n) is 8.72. The van der Waals surface area contributed by atoms with Crippen LogP contribution >= 0.6 is 0 Å². The Bertz CT molecular complexity index is 983. The third kappa shape index (κ3) is 3.62.